The molecule has 2 fully saturated rings. The molecule has 2 rings (SSSR count). The van der Waals surface area contributed by atoms with E-state index >= 15 is 0 Å². The zero-order valence-corrected chi connectivity index (χ0v) is 37.6. The average molecular weight is 829 g/mol. The van der Waals surface area contributed by atoms with Crippen LogP contribution < -0.4 is 5.32 Å². The summed E-state index contributed by atoms with van der Waals surface area (Å²) in [6.45, 7) is 36.5. The van der Waals surface area contributed by atoms with Crippen LogP contribution in [-0.4, -0.2) is 99.7 Å². The van der Waals surface area contributed by atoms with Crippen molar-refractivity contribution in [2.45, 2.75) is 170 Å². The molecule has 0 aliphatic heterocycles. The van der Waals surface area contributed by atoms with Crippen molar-refractivity contribution in [1.29, 1.82) is 0 Å². The van der Waals surface area contributed by atoms with Gasteiger partial charge in [0.1, 0.15) is 33.5 Å². The van der Waals surface area contributed by atoms with Crippen LogP contribution in [0.3, 0.4) is 0 Å². The number of hydrogen-bond donors (Lipinski definition) is 1. The Hall–Kier alpha value is -4.83. The summed E-state index contributed by atoms with van der Waals surface area (Å²) in [5.41, 5.74) is -6.13. The number of alkyl carbamates (subject to hydrolysis) is 1. The molecule has 332 valence electrons. The van der Waals surface area contributed by atoms with Gasteiger partial charge in [0.15, 0.2) is 5.54 Å². The molecule has 4 atom stereocenters. The van der Waals surface area contributed by atoms with Crippen LogP contribution in [0.1, 0.15) is 131 Å². The standard InChI is InChI=1S/C18H29NO6.C13H21NO4.C10H18O5/c1-9-12-11-18(12,13(20)23-10-2)19(14(21)24-16(3,4)5)15(22)25-17(6,7)8;1-6-9-8-13(9,10(15)17-7-2)14-11(16)18-12(3,4)5;1-9(2,3)14-7(11)13-8(12)15-10(4,5)6/h9,12H,1,10-11H2,2-8H3;6,9H,1,7-8H2,2-5H3,(H,14,16);1-6H3/t12-,18-;9-,13-;/m11./s1. The normalized spacial score (nSPS) is 20.9. The van der Waals surface area contributed by atoms with Gasteiger partial charge in [-0.15, -0.1) is 13.2 Å². The van der Waals surface area contributed by atoms with Crippen LogP contribution in [0.15, 0.2) is 25.3 Å². The van der Waals surface area contributed by atoms with Crippen LogP contribution in [0.4, 0.5) is 24.0 Å². The third kappa shape index (κ3) is 18.6. The van der Waals surface area contributed by atoms with Crippen molar-refractivity contribution < 1.29 is 71.5 Å². The highest BCUT2D eigenvalue weighted by atomic mass is 16.8. The number of rotatable bonds is 8. The molecular weight excluding hydrogens is 760 g/mol. The summed E-state index contributed by atoms with van der Waals surface area (Å²) in [6.07, 6.45) is -0.707. The molecule has 17 heteroatoms. The molecule has 3 amide bonds. The molecule has 0 aromatic carbocycles. The lowest BCUT2D eigenvalue weighted by atomic mass is 10.1. The first kappa shape index (κ1) is 53.2. The second-order valence-electron chi connectivity index (χ2n) is 18.4. The number of carbonyl (C=O) groups is 7. The molecule has 2 aliphatic carbocycles. The molecule has 0 bridgehead atoms. The minimum absolute atomic E-state index is 0.0935. The Morgan fingerprint density at radius 1 is 0.569 bits per heavy atom. The molecule has 17 nitrogen and oxygen atoms in total. The number of carbonyl (C=O) groups excluding carboxylic acids is 7. The number of hydrogen-bond acceptors (Lipinski definition) is 15. The number of ether oxygens (including phenoxy) is 8. The largest absolute Gasteiger partial charge is 0.519 e. The number of nitrogens with one attached hydrogen (secondary N) is 1. The highest BCUT2D eigenvalue weighted by molar-refractivity contribution is 5.99. The van der Waals surface area contributed by atoms with Gasteiger partial charge in [0, 0.05) is 11.8 Å². The van der Waals surface area contributed by atoms with Gasteiger partial charge in [0.05, 0.1) is 13.2 Å². The van der Waals surface area contributed by atoms with Gasteiger partial charge in [-0.3, -0.25) is 0 Å². The van der Waals surface area contributed by atoms with Crippen molar-refractivity contribution in [3.8, 4) is 0 Å². The van der Waals surface area contributed by atoms with Crippen LogP contribution in [-0.2, 0) is 47.5 Å². The Kier molecular flexibility index (Phi) is 18.5. The third-order valence-electron chi connectivity index (χ3n) is 7.06. The summed E-state index contributed by atoms with van der Waals surface area (Å²) in [5.74, 6) is -1.60. The summed E-state index contributed by atoms with van der Waals surface area (Å²) in [7, 11) is 0. The van der Waals surface area contributed by atoms with Crippen LogP contribution in [0.5, 0.6) is 0 Å². The van der Waals surface area contributed by atoms with Gasteiger partial charge < -0.3 is 43.2 Å². The van der Waals surface area contributed by atoms with E-state index in [1.165, 1.54) is 6.08 Å². The predicted octanol–water partition coefficient (Wildman–Crippen LogP) is 8.56. The molecule has 2 saturated carbocycles. The summed E-state index contributed by atoms with van der Waals surface area (Å²) >= 11 is 0. The molecule has 58 heavy (non-hydrogen) atoms. The van der Waals surface area contributed by atoms with Gasteiger partial charge in [-0.25, -0.2) is 33.6 Å². The Bertz CT molecular complexity index is 1450. The maximum Gasteiger partial charge on any atom is 0.519 e. The van der Waals surface area contributed by atoms with E-state index in [1.54, 1.807) is 124 Å². The van der Waals surface area contributed by atoms with E-state index in [0.717, 1.165) is 4.90 Å². The summed E-state index contributed by atoms with van der Waals surface area (Å²) < 4.78 is 39.7. The van der Waals surface area contributed by atoms with Crippen LogP contribution in [0.2, 0.25) is 0 Å². The van der Waals surface area contributed by atoms with Gasteiger partial charge in [0.2, 0.25) is 0 Å². The minimum atomic E-state index is -1.47. The molecule has 0 saturated heterocycles. The number of imide groups is 1. The number of amides is 3. The topological polar surface area (TPSA) is 209 Å². The van der Waals surface area contributed by atoms with E-state index in [4.69, 9.17) is 33.2 Å². The zero-order valence-electron chi connectivity index (χ0n) is 37.6. The van der Waals surface area contributed by atoms with E-state index < -0.39 is 87.5 Å². The van der Waals surface area contributed by atoms with E-state index in [2.05, 4.69) is 23.2 Å². The Morgan fingerprint density at radius 2 is 0.931 bits per heavy atom. The highest BCUT2D eigenvalue weighted by Gasteiger charge is 2.69. The van der Waals surface area contributed by atoms with Crippen molar-refractivity contribution >= 4 is 42.5 Å². The Balaban J connectivity index is 0.000000874. The molecule has 0 spiro atoms. The fourth-order valence-corrected chi connectivity index (χ4v) is 4.77. The van der Waals surface area contributed by atoms with Crippen molar-refractivity contribution in [3.05, 3.63) is 25.3 Å². The molecular formula is C41H68N2O15. The van der Waals surface area contributed by atoms with Crippen molar-refractivity contribution in [3.63, 3.8) is 0 Å². The SMILES string of the molecule is C=C[C@@H]1C[C@@]1(C(=O)OCC)N(C(=O)OC(C)(C)C)C(=O)OC(C)(C)C.C=C[C@@H]1C[C@]1(NC(=O)OC(C)(C)C)C(=O)OCC.CC(C)(C)OC(=O)OC(=O)OC(C)(C)C. The Morgan fingerprint density at radius 3 is 1.22 bits per heavy atom. The third-order valence-corrected chi connectivity index (χ3v) is 7.06. The van der Waals surface area contributed by atoms with E-state index in [-0.39, 0.29) is 25.6 Å². The van der Waals surface area contributed by atoms with E-state index in [1.807, 2.05) is 0 Å². The van der Waals surface area contributed by atoms with Gasteiger partial charge in [0.25, 0.3) is 0 Å². The second-order valence-corrected chi connectivity index (χ2v) is 18.4. The maximum absolute atomic E-state index is 12.7. The first-order chi connectivity index (χ1) is 26.0. The number of nitrogens with zero attached hydrogens (tertiary/aromatic N) is 1. The summed E-state index contributed by atoms with van der Waals surface area (Å²) in [6, 6.07) is 0. The van der Waals surface area contributed by atoms with Crippen molar-refractivity contribution in [2.75, 3.05) is 13.2 Å². The van der Waals surface area contributed by atoms with Gasteiger partial charge in [-0.2, -0.15) is 4.90 Å². The van der Waals surface area contributed by atoms with Crippen LogP contribution in [0, 0.1) is 11.8 Å². The van der Waals surface area contributed by atoms with Crippen LogP contribution >= 0.6 is 0 Å². The molecule has 1 N–H and O–H groups in total. The lowest BCUT2D eigenvalue weighted by molar-refractivity contribution is -0.151. The molecule has 2 aliphatic rings. The molecule has 0 aromatic heterocycles. The number of esters is 2. The molecule has 0 radical (unpaired) electrons. The van der Waals surface area contributed by atoms with E-state index in [0.29, 0.717) is 6.42 Å². The summed E-state index contributed by atoms with van der Waals surface area (Å²) in [5, 5.41) is 2.60. The fraction of sp³-hybridized carbons (Fsp3) is 0.732. The zero-order chi connectivity index (χ0) is 45.9. The lowest BCUT2D eigenvalue weighted by Gasteiger charge is -2.33. The monoisotopic (exact) mass is 828 g/mol. The molecule has 0 heterocycles. The fourth-order valence-electron chi connectivity index (χ4n) is 4.77. The maximum atomic E-state index is 12.7. The summed E-state index contributed by atoms with van der Waals surface area (Å²) in [4.78, 5) is 84.3. The highest BCUT2D eigenvalue weighted by Crippen LogP contribution is 2.51. The molecule has 0 aromatic rings. The van der Waals surface area contributed by atoms with Crippen molar-refractivity contribution in [2.24, 2.45) is 11.8 Å². The first-order valence-corrected chi connectivity index (χ1v) is 19.0. The smallest absolute Gasteiger partial charge is 0.464 e. The first-order valence-electron chi connectivity index (χ1n) is 19.0. The van der Waals surface area contributed by atoms with Gasteiger partial charge >= 0.3 is 42.5 Å². The quantitative estimate of drug-likeness (QED) is 0.105. The minimum Gasteiger partial charge on any atom is -0.464 e. The Labute approximate surface area is 343 Å². The predicted molar refractivity (Wildman–Crippen MR) is 213 cm³/mol. The lowest BCUT2D eigenvalue weighted by Crippen LogP contribution is -2.55. The molecule has 0 unspecified atom stereocenters. The van der Waals surface area contributed by atoms with E-state index in [9.17, 15) is 33.6 Å². The van der Waals surface area contributed by atoms with Gasteiger partial charge in [-0.05, 0) is 131 Å². The van der Waals surface area contributed by atoms with Crippen LogP contribution in [0.25, 0.3) is 0 Å². The van der Waals surface area contributed by atoms with Gasteiger partial charge in [-0.1, -0.05) is 12.2 Å². The average Bonchev–Trinajstić information content (AvgIpc) is 3.88. The second kappa shape index (κ2) is 20.2. The van der Waals surface area contributed by atoms with Crippen molar-refractivity contribution in [1.82, 2.24) is 10.2 Å².